The molecule has 1 rings (SSSR count). The summed E-state index contributed by atoms with van der Waals surface area (Å²) in [5, 5.41) is 0. The quantitative estimate of drug-likeness (QED) is 0.840. The molecule has 1 N–H and O–H groups in total. The van der Waals surface area contributed by atoms with Crippen LogP contribution >= 0.6 is 0 Å². The SMILES string of the molecule is C[C@@H](NS(=O)(=O)N(C)C)c1ccccc1. The van der Waals surface area contributed by atoms with Gasteiger partial charge in [-0.05, 0) is 12.5 Å². The summed E-state index contributed by atoms with van der Waals surface area (Å²) in [5.74, 6) is 0. The molecule has 0 unspecified atom stereocenters. The van der Waals surface area contributed by atoms with Gasteiger partial charge in [-0.2, -0.15) is 17.4 Å². The van der Waals surface area contributed by atoms with Crippen molar-refractivity contribution in [3.63, 3.8) is 0 Å². The average molecular weight is 228 g/mol. The minimum absolute atomic E-state index is 0.224. The fraction of sp³-hybridized carbons (Fsp3) is 0.400. The summed E-state index contributed by atoms with van der Waals surface area (Å²) in [4.78, 5) is 0. The zero-order chi connectivity index (χ0) is 11.5. The van der Waals surface area contributed by atoms with Crippen molar-refractivity contribution in [3.8, 4) is 0 Å². The number of hydrogen-bond donors (Lipinski definition) is 1. The molecule has 0 saturated carbocycles. The Hall–Kier alpha value is -0.910. The smallest absolute Gasteiger partial charge is 0.195 e. The van der Waals surface area contributed by atoms with E-state index in [-0.39, 0.29) is 6.04 Å². The van der Waals surface area contributed by atoms with Crippen molar-refractivity contribution in [2.24, 2.45) is 0 Å². The Morgan fingerprint density at radius 3 is 2.20 bits per heavy atom. The second kappa shape index (κ2) is 4.74. The van der Waals surface area contributed by atoms with Crippen LogP contribution in [0.15, 0.2) is 30.3 Å². The van der Waals surface area contributed by atoms with Crippen LogP contribution in [-0.4, -0.2) is 26.8 Å². The summed E-state index contributed by atoms with van der Waals surface area (Å²) in [7, 11) is -0.362. The molecule has 84 valence electrons. The van der Waals surface area contributed by atoms with Crippen LogP contribution in [-0.2, 0) is 10.2 Å². The highest BCUT2D eigenvalue weighted by molar-refractivity contribution is 7.87. The van der Waals surface area contributed by atoms with Crippen LogP contribution in [0.4, 0.5) is 0 Å². The van der Waals surface area contributed by atoms with Crippen molar-refractivity contribution in [1.82, 2.24) is 9.03 Å². The van der Waals surface area contributed by atoms with Crippen LogP contribution < -0.4 is 4.72 Å². The second-order valence-corrected chi connectivity index (χ2v) is 5.45. The molecule has 1 atom stereocenters. The zero-order valence-corrected chi connectivity index (χ0v) is 9.95. The zero-order valence-electron chi connectivity index (χ0n) is 9.14. The number of nitrogens with zero attached hydrogens (tertiary/aromatic N) is 1. The molecule has 0 saturated heterocycles. The first-order chi connectivity index (χ1) is 6.93. The lowest BCUT2D eigenvalue weighted by Gasteiger charge is -2.17. The summed E-state index contributed by atoms with van der Waals surface area (Å²) in [6, 6.07) is 9.23. The van der Waals surface area contributed by atoms with E-state index in [4.69, 9.17) is 0 Å². The molecule has 0 aromatic heterocycles. The molecule has 0 spiro atoms. The molecular formula is C10H16N2O2S. The molecule has 0 radical (unpaired) electrons. The van der Waals surface area contributed by atoms with E-state index in [0.717, 1.165) is 9.87 Å². The van der Waals surface area contributed by atoms with Crippen molar-refractivity contribution < 1.29 is 8.42 Å². The molecule has 1 aromatic rings. The van der Waals surface area contributed by atoms with Crippen LogP contribution in [0.25, 0.3) is 0 Å². The second-order valence-electron chi connectivity index (χ2n) is 3.54. The highest BCUT2D eigenvalue weighted by atomic mass is 32.2. The van der Waals surface area contributed by atoms with Crippen LogP contribution in [0, 0.1) is 0 Å². The maximum Gasteiger partial charge on any atom is 0.279 e. The predicted molar refractivity (Wildman–Crippen MR) is 60.6 cm³/mol. The molecule has 0 bridgehead atoms. The Bertz CT molecular complexity index is 401. The molecule has 1 aromatic carbocycles. The predicted octanol–water partition coefficient (Wildman–Crippen LogP) is 1.14. The lowest BCUT2D eigenvalue weighted by molar-refractivity contribution is 0.494. The Morgan fingerprint density at radius 1 is 1.20 bits per heavy atom. The molecular weight excluding hydrogens is 212 g/mol. The van der Waals surface area contributed by atoms with Gasteiger partial charge in [0.05, 0.1) is 0 Å². The van der Waals surface area contributed by atoms with Crippen molar-refractivity contribution >= 4 is 10.2 Å². The monoisotopic (exact) mass is 228 g/mol. The summed E-state index contributed by atoms with van der Waals surface area (Å²) < 4.78 is 26.8. The molecule has 5 heteroatoms. The third kappa shape index (κ3) is 3.30. The van der Waals surface area contributed by atoms with E-state index >= 15 is 0 Å². The van der Waals surface area contributed by atoms with Crippen LogP contribution in [0.1, 0.15) is 18.5 Å². The fourth-order valence-electron chi connectivity index (χ4n) is 1.14. The molecule has 0 aliphatic carbocycles. The Labute approximate surface area is 91.1 Å². The van der Waals surface area contributed by atoms with Gasteiger partial charge < -0.3 is 0 Å². The summed E-state index contributed by atoms with van der Waals surface area (Å²) in [6.45, 7) is 1.82. The third-order valence-electron chi connectivity index (χ3n) is 2.11. The number of nitrogens with one attached hydrogen (secondary N) is 1. The summed E-state index contributed by atoms with van der Waals surface area (Å²) >= 11 is 0. The Kier molecular flexibility index (Phi) is 3.84. The number of benzene rings is 1. The standard InChI is InChI=1S/C10H16N2O2S/c1-9(10-7-5-4-6-8-10)11-15(13,14)12(2)3/h4-9,11H,1-3H3/t9-/m1/s1. The highest BCUT2D eigenvalue weighted by Gasteiger charge is 2.17. The lowest BCUT2D eigenvalue weighted by Crippen LogP contribution is -2.37. The summed E-state index contributed by atoms with van der Waals surface area (Å²) in [5.41, 5.74) is 0.947. The highest BCUT2D eigenvalue weighted by Crippen LogP contribution is 2.12. The van der Waals surface area contributed by atoms with Crippen LogP contribution in [0.2, 0.25) is 0 Å². The van der Waals surface area contributed by atoms with Gasteiger partial charge in [-0.1, -0.05) is 30.3 Å². The van der Waals surface area contributed by atoms with Gasteiger partial charge in [-0.3, -0.25) is 0 Å². The van der Waals surface area contributed by atoms with E-state index < -0.39 is 10.2 Å². The first kappa shape index (κ1) is 12.2. The fourth-order valence-corrected chi connectivity index (χ4v) is 1.93. The van der Waals surface area contributed by atoms with Gasteiger partial charge in [0, 0.05) is 20.1 Å². The van der Waals surface area contributed by atoms with Gasteiger partial charge in [0.1, 0.15) is 0 Å². The first-order valence-electron chi connectivity index (χ1n) is 4.68. The summed E-state index contributed by atoms with van der Waals surface area (Å²) in [6.07, 6.45) is 0. The minimum atomic E-state index is -3.36. The molecule has 0 fully saturated rings. The van der Waals surface area contributed by atoms with Gasteiger partial charge in [0.15, 0.2) is 0 Å². The maximum absolute atomic E-state index is 11.5. The van der Waals surface area contributed by atoms with Gasteiger partial charge in [-0.25, -0.2) is 0 Å². The largest absolute Gasteiger partial charge is 0.279 e. The van der Waals surface area contributed by atoms with Gasteiger partial charge in [-0.15, -0.1) is 0 Å². The van der Waals surface area contributed by atoms with Gasteiger partial charge >= 0.3 is 0 Å². The van der Waals surface area contributed by atoms with E-state index in [9.17, 15) is 8.42 Å². The maximum atomic E-state index is 11.5. The number of rotatable bonds is 4. The minimum Gasteiger partial charge on any atom is -0.195 e. The molecule has 0 aliphatic rings. The van der Waals surface area contributed by atoms with E-state index in [1.807, 2.05) is 37.3 Å². The third-order valence-corrected chi connectivity index (χ3v) is 3.72. The first-order valence-corrected chi connectivity index (χ1v) is 6.12. The Morgan fingerprint density at radius 2 is 1.73 bits per heavy atom. The lowest BCUT2D eigenvalue weighted by atomic mass is 10.1. The van der Waals surface area contributed by atoms with Crippen molar-refractivity contribution in [3.05, 3.63) is 35.9 Å². The van der Waals surface area contributed by atoms with E-state index in [2.05, 4.69) is 4.72 Å². The average Bonchev–Trinajstić information content (AvgIpc) is 2.18. The molecule has 0 heterocycles. The molecule has 4 nitrogen and oxygen atoms in total. The Balaban J connectivity index is 2.77. The molecule has 0 amide bonds. The van der Waals surface area contributed by atoms with Crippen LogP contribution in [0.3, 0.4) is 0 Å². The molecule has 15 heavy (non-hydrogen) atoms. The van der Waals surface area contributed by atoms with Gasteiger partial charge in [0.2, 0.25) is 0 Å². The van der Waals surface area contributed by atoms with Crippen LogP contribution in [0.5, 0.6) is 0 Å². The van der Waals surface area contributed by atoms with E-state index in [0.29, 0.717) is 0 Å². The van der Waals surface area contributed by atoms with E-state index in [1.165, 1.54) is 14.1 Å². The normalized spacial score (nSPS) is 14.1. The van der Waals surface area contributed by atoms with Crippen molar-refractivity contribution in [2.45, 2.75) is 13.0 Å². The van der Waals surface area contributed by atoms with Gasteiger partial charge in [0.25, 0.3) is 10.2 Å². The van der Waals surface area contributed by atoms with Crippen molar-refractivity contribution in [1.29, 1.82) is 0 Å². The molecule has 0 aliphatic heterocycles. The number of hydrogen-bond acceptors (Lipinski definition) is 2. The topological polar surface area (TPSA) is 49.4 Å². The van der Waals surface area contributed by atoms with E-state index in [1.54, 1.807) is 0 Å². The van der Waals surface area contributed by atoms with Crippen molar-refractivity contribution in [2.75, 3.05) is 14.1 Å².